The molecule has 0 saturated carbocycles. The van der Waals surface area contributed by atoms with Gasteiger partial charge in [-0.05, 0) is 19.9 Å². The van der Waals surface area contributed by atoms with Crippen LogP contribution in [0.1, 0.15) is 33.3 Å². The van der Waals surface area contributed by atoms with Crippen molar-refractivity contribution in [2.45, 2.75) is 13.8 Å². The predicted molar refractivity (Wildman–Crippen MR) is 75.3 cm³/mol. The monoisotopic (exact) mass is 289 g/mol. The van der Waals surface area contributed by atoms with Gasteiger partial charge in [0.2, 0.25) is 0 Å². The van der Waals surface area contributed by atoms with E-state index in [4.69, 9.17) is 4.74 Å². The lowest BCUT2D eigenvalue weighted by Crippen LogP contribution is -2.15. The Labute approximate surface area is 121 Å². The Kier molecular flexibility index (Phi) is 4.22. The van der Waals surface area contributed by atoms with Gasteiger partial charge in [0, 0.05) is 18.1 Å². The Balaban J connectivity index is 2.27. The van der Waals surface area contributed by atoms with Crippen molar-refractivity contribution in [3.63, 3.8) is 0 Å². The number of nitrogens with one attached hydrogen (secondary N) is 2. The average molecular weight is 289 g/mol. The number of aryl methyl sites for hydroxylation is 1. The molecule has 2 aromatic heterocycles. The number of nitrogens with zero attached hydrogens (tertiary/aromatic N) is 1. The molecule has 3 N–H and O–H groups in total. The Bertz CT molecular complexity index is 679. The van der Waals surface area contributed by atoms with E-state index in [1.165, 1.54) is 24.7 Å². The first kappa shape index (κ1) is 14.6. The third-order valence-electron chi connectivity index (χ3n) is 2.85. The molecule has 2 aromatic rings. The van der Waals surface area contributed by atoms with Crippen LogP contribution in [-0.4, -0.2) is 33.6 Å². The molecule has 0 atom stereocenters. The van der Waals surface area contributed by atoms with Crippen LogP contribution in [0.25, 0.3) is 0 Å². The van der Waals surface area contributed by atoms with E-state index in [9.17, 15) is 14.7 Å². The molecule has 0 saturated heterocycles. The fourth-order valence-electron chi connectivity index (χ4n) is 1.86. The van der Waals surface area contributed by atoms with E-state index < -0.39 is 11.9 Å². The third kappa shape index (κ3) is 3.02. The smallest absolute Gasteiger partial charge is 0.342 e. The molecule has 110 valence electrons. The maximum atomic E-state index is 12.1. The SMILES string of the molecule is CCOC(=O)c1c(NC(=O)c2ccncc2O)c[nH]c1C. The van der Waals surface area contributed by atoms with Gasteiger partial charge in [0.05, 0.1) is 24.1 Å². The minimum absolute atomic E-state index is 0.0682. The summed E-state index contributed by atoms with van der Waals surface area (Å²) in [5, 5.41) is 12.2. The molecule has 0 aliphatic rings. The first-order chi connectivity index (χ1) is 10.0. The summed E-state index contributed by atoms with van der Waals surface area (Å²) >= 11 is 0. The normalized spacial score (nSPS) is 10.2. The number of aromatic hydroxyl groups is 1. The number of ether oxygens (including phenoxy) is 1. The highest BCUT2D eigenvalue weighted by molar-refractivity contribution is 6.09. The molecule has 0 bridgehead atoms. The highest BCUT2D eigenvalue weighted by atomic mass is 16.5. The van der Waals surface area contributed by atoms with Gasteiger partial charge in [-0.15, -0.1) is 0 Å². The van der Waals surface area contributed by atoms with Gasteiger partial charge in [-0.3, -0.25) is 9.78 Å². The molecule has 2 heterocycles. The molecule has 2 rings (SSSR count). The lowest BCUT2D eigenvalue weighted by molar-refractivity contribution is 0.0527. The van der Waals surface area contributed by atoms with Crippen molar-refractivity contribution in [2.75, 3.05) is 11.9 Å². The van der Waals surface area contributed by atoms with E-state index in [-0.39, 0.29) is 23.5 Å². The number of hydrogen-bond acceptors (Lipinski definition) is 5. The van der Waals surface area contributed by atoms with Crippen LogP contribution in [0.15, 0.2) is 24.7 Å². The molecule has 0 fully saturated rings. The number of aromatic amines is 1. The number of carbonyl (C=O) groups excluding carboxylic acids is 2. The topological polar surface area (TPSA) is 104 Å². The second kappa shape index (κ2) is 6.08. The molecule has 1 amide bonds. The summed E-state index contributed by atoms with van der Waals surface area (Å²) in [6, 6.07) is 1.38. The second-order valence-electron chi connectivity index (χ2n) is 4.27. The molecule has 0 unspecified atom stereocenters. The first-order valence-electron chi connectivity index (χ1n) is 6.34. The van der Waals surface area contributed by atoms with E-state index in [0.29, 0.717) is 11.4 Å². The Morgan fingerprint density at radius 3 is 2.90 bits per heavy atom. The van der Waals surface area contributed by atoms with Crippen LogP contribution in [0, 0.1) is 6.92 Å². The summed E-state index contributed by atoms with van der Waals surface area (Å²) in [4.78, 5) is 30.5. The summed E-state index contributed by atoms with van der Waals surface area (Å²) in [5.74, 6) is -1.30. The highest BCUT2D eigenvalue weighted by Crippen LogP contribution is 2.22. The standard InChI is InChI=1S/C14H15N3O4/c1-3-21-14(20)12-8(2)16-6-10(12)17-13(19)9-4-5-15-7-11(9)18/h4-7,16,18H,3H2,1-2H3,(H,17,19). The van der Waals surface area contributed by atoms with Gasteiger partial charge in [-0.2, -0.15) is 0 Å². The number of rotatable bonds is 4. The zero-order chi connectivity index (χ0) is 15.4. The summed E-state index contributed by atoms with van der Waals surface area (Å²) in [6.07, 6.45) is 4.06. The molecule has 0 spiro atoms. The average Bonchev–Trinajstić information content (AvgIpc) is 2.80. The van der Waals surface area contributed by atoms with Gasteiger partial charge in [-0.1, -0.05) is 0 Å². The first-order valence-corrected chi connectivity index (χ1v) is 6.34. The minimum Gasteiger partial charge on any atom is -0.505 e. The van der Waals surface area contributed by atoms with Crippen molar-refractivity contribution in [1.29, 1.82) is 0 Å². The summed E-state index contributed by atoms with van der Waals surface area (Å²) in [6.45, 7) is 3.64. The van der Waals surface area contributed by atoms with Crippen molar-refractivity contribution in [2.24, 2.45) is 0 Å². The Hall–Kier alpha value is -2.83. The Morgan fingerprint density at radius 2 is 2.24 bits per heavy atom. The summed E-state index contributed by atoms with van der Waals surface area (Å²) in [7, 11) is 0. The number of esters is 1. The van der Waals surface area contributed by atoms with Crippen LogP contribution in [0.4, 0.5) is 5.69 Å². The molecule has 0 aliphatic heterocycles. The molecule has 0 aliphatic carbocycles. The predicted octanol–water partition coefficient (Wildman–Crippen LogP) is 1.85. The fourth-order valence-corrected chi connectivity index (χ4v) is 1.86. The minimum atomic E-state index is -0.542. The van der Waals surface area contributed by atoms with Crippen LogP contribution < -0.4 is 5.32 Å². The van der Waals surface area contributed by atoms with E-state index in [0.717, 1.165) is 0 Å². The van der Waals surface area contributed by atoms with Crippen molar-refractivity contribution in [3.05, 3.63) is 41.5 Å². The van der Waals surface area contributed by atoms with Crippen LogP contribution in [0.3, 0.4) is 0 Å². The van der Waals surface area contributed by atoms with Gasteiger partial charge in [0.15, 0.2) is 0 Å². The van der Waals surface area contributed by atoms with Crippen molar-refractivity contribution < 1.29 is 19.4 Å². The van der Waals surface area contributed by atoms with Gasteiger partial charge in [0.1, 0.15) is 11.3 Å². The van der Waals surface area contributed by atoms with Gasteiger partial charge in [0.25, 0.3) is 5.91 Å². The third-order valence-corrected chi connectivity index (χ3v) is 2.85. The molecule has 7 heteroatoms. The van der Waals surface area contributed by atoms with E-state index in [1.54, 1.807) is 13.8 Å². The summed E-state index contributed by atoms with van der Waals surface area (Å²) < 4.78 is 4.95. The molecule has 7 nitrogen and oxygen atoms in total. The van der Waals surface area contributed by atoms with Crippen molar-refractivity contribution in [3.8, 4) is 5.75 Å². The zero-order valence-corrected chi connectivity index (χ0v) is 11.6. The quantitative estimate of drug-likeness (QED) is 0.745. The Morgan fingerprint density at radius 1 is 1.48 bits per heavy atom. The lowest BCUT2D eigenvalue weighted by atomic mass is 10.2. The van der Waals surface area contributed by atoms with Crippen molar-refractivity contribution in [1.82, 2.24) is 9.97 Å². The van der Waals surface area contributed by atoms with E-state index in [2.05, 4.69) is 15.3 Å². The van der Waals surface area contributed by atoms with Crippen LogP contribution in [-0.2, 0) is 4.74 Å². The second-order valence-corrected chi connectivity index (χ2v) is 4.27. The lowest BCUT2D eigenvalue weighted by Gasteiger charge is -2.08. The van der Waals surface area contributed by atoms with Crippen LogP contribution in [0.5, 0.6) is 5.75 Å². The van der Waals surface area contributed by atoms with Crippen LogP contribution in [0.2, 0.25) is 0 Å². The number of hydrogen-bond donors (Lipinski definition) is 3. The number of amides is 1. The molecular formula is C14H15N3O4. The molecule has 21 heavy (non-hydrogen) atoms. The van der Waals surface area contributed by atoms with Crippen molar-refractivity contribution >= 4 is 17.6 Å². The number of H-pyrrole nitrogens is 1. The van der Waals surface area contributed by atoms with E-state index >= 15 is 0 Å². The molecule has 0 radical (unpaired) electrons. The molecule has 0 aromatic carbocycles. The maximum absolute atomic E-state index is 12.1. The number of carbonyl (C=O) groups is 2. The van der Waals surface area contributed by atoms with Gasteiger partial charge >= 0.3 is 5.97 Å². The fraction of sp³-hybridized carbons (Fsp3) is 0.214. The number of pyridine rings is 1. The summed E-state index contributed by atoms with van der Waals surface area (Å²) in [5.41, 5.74) is 1.22. The molecular weight excluding hydrogens is 274 g/mol. The van der Waals surface area contributed by atoms with Gasteiger partial charge in [-0.25, -0.2) is 4.79 Å². The largest absolute Gasteiger partial charge is 0.505 e. The number of aromatic nitrogens is 2. The number of anilines is 1. The highest BCUT2D eigenvalue weighted by Gasteiger charge is 2.20. The van der Waals surface area contributed by atoms with Gasteiger partial charge < -0.3 is 20.1 Å². The van der Waals surface area contributed by atoms with E-state index in [1.807, 2.05) is 0 Å². The maximum Gasteiger partial charge on any atom is 0.342 e. The van der Waals surface area contributed by atoms with Crippen LogP contribution >= 0.6 is 0 Å². The zero-order valence-electron chi connectivity index (χ0n) is 11.6.